The second-order valence-corrected chi connectivity index (χ2v) is 8.80. The number of fused-ring (bicyclic) bond motifs is 3. The van der Waals surface area contributed by atoms with Crippen molar-refractivity contribution in [1.82, 2.24) is 0 Å². The first-order chi connectivity index (χ1) is 13.2. The Hall–Kier alpha value is -2.15. The van der Waals surface area contributed by atoms with Gasteiger partial charge >= 0.3 is 17.9 Å². The summed E-state index contributed by atoms with van der Waals surface area (Å²) in [7, 11) is 1.39. The van der Waals surface area contributed by atoms with E-state index in [2.05, 4.69) is 13.8 Å². The van der Waals surface area contributed by atoms with Crippen LogP contribution in [0.5, 0.6) is 0 Å². The van der Waals surface area contributed by atoms with Gasteiger partial charge in [-0.25, -0.2) is 9.59 Å². The fourth-order valence-corrected chi connectivity index (χ4v) is 6.12. The minimum atomic E-state index is -1.30. The molecule has 0 bridgehead atoms. The Morgan fingerprint density at radius 1 is 1.25 bits per heavy atom. The monoisotopic (exact) mass is 390 g/mol. The van der Waals surface area contributed by atoms with Gasteiger partial charge in [0.1, 0.15) is 6.10 Å². The van der Waals surface area contributed by atoms with E-state index in [4.69, 9.17) is 14.2 Å². The van der Waals surface area contributed by atoms with Crippen molar-refractivity contribution in [3.8, 4) is 0 Å². The maximum Gasteiger partial charge on any atom is 0.340 e. The first-order valence-corrected chi connectivity index (χ1v) is 9.81. The van der Waals surface area contributed by atoms with E-state index in [1.165, 1.54) is 13.2 Å². The Labute approximate surface area is 163 Å². The SMILES string of the molecule is COC(=O)C1=CCC[C@@H]2[C@@]3(C)C[C@@H](C4=CC(O)OC4=O)OC(=O)[C@@H]3CC[C@@]12C. The molecule has 0 aromatic heterocycles. The van der Waals surface area contributed by atoms with E-state index < -0.39 is 23.8 Å². The molecule has 1 unspecified atom stereocenters. The molecule has 2 heterocycles. The summed E-state index contributed by atoms with van der Waals surface area (Å²) in [6.07, 6.45) is 4.64. The molecule has 7 nitrogen and oxygen atoms in total. The largest absolute Gasteiger partial charge is 0.466 e. The number of aliphatic hydroxyl groups is 1. The number of hydrogen-bond acceptors (Lipinski definition) is 7. The van der Waals surface area contributed by atoms with Crippen LogP contribution in [-0.2, 0) is 28.6 Å². The highest BCUT2D eigenvalue weighted by molar-refractivity contribution is 5.93. The maximum atomic E-state index is 12.9. The predicted molar refractivity (Wildman–Crippen MR) is 96.4 cm³/mol. The van der Waals surface area contributed by atoms with E-state index in [1.807, 2.05) is 6.08 Å². The van der Waals surface area contributed by atoms with E-state index in [0.29, 0.717) is 24.8 Å². The van der Waals surface area contributed by atoms with Crippen LogP contribution in [-0.4, -0.2) is 42.5 Å². The summed E-state index contributed by atoms with van der Waals surface area (Å²) in [6.45, 7) is 4.16. The Bertz CT molecular complexity index is 797. The summed E-state index contributed by atoms with van der Waals surface area (Å²) in [5.41, 5.74) is 0.0709. The molecule has 0 aromatic rings. The number of allylic oxidation sites excluding steroid dienone is 1. The second kappa shape index (κ2) is 6.44. The van der Waals surface area contributed by atoms with E-state index >= 15 is 0 Å². The molecule has 1 saturated heterocycles. The molecule has 0 spiro atoms. The van der Waals surface area contributed by atoms with Crippen molar-refractivity contribution in [1.29, 1.82) is 0 Å². The highest BCUT2D eigenvalue weighted by Gasteiger charge is 2.62. The molecule has 4 aliphatic rings. The number of rotatable bonds is 2. The van der Waals surface area contributed by atoms with Gasteiger partial charge in [0.25, 0.3) is 0 Å². The average molecular weight is 390 g/mol. The van der Waals surface area contributed by atoms with Crippen LogP contribution in [0.25, 0.3) is 0 Å². The zero-order valence-corrected chi connectivity index (χ0v) is 16.4. The summed E-state index contributed by atoms with van der Waals surface area (Å²) in [4.78, 5) is 37.4. The summed E-state index contributed by atoms with van der Waals surface area (Å²) in [5, 5.41) is 9.60. The van der Waals surface area contributed by atoms with Gasteiger partial charge in [0, 0.05) is 11.0 Å². The van der Waals surface area contributed by atoms with Crippen molar-refractivity contribution in [2.24, 2.45) is 22.7 Å². The molecule has 0 aromatic carbocycles. The van der Waals surface area contributed by atoms with Crippen LogP contribution >= 0.6 is 0 Å². The lowest BCUT2D eigenvalue weighted by atomic mass is 9.45. The van der Waals surface area contributed by atoms with Crippen LogP contribution in [0.2, 0.25) is 0 Å². The lowest BCUT2D eigenvalue weighted by Crippen LogP contribution is -2.58. The number of esters is 3. The first kappa shape index (κ1) is 19.2. The molecule has 4 rings (SSSR count). The normalized spacial score (nSPS) is 42.4. The highest BCUT2D eigenvalue weighted by Crippen LogP contribution is 2.63. The van der Waals surface area contributed by atoms with E-state index in [1.54, 1.807) is 0 Å². The summed E-state index contributed by atoms with van der Waals surface area (Å²) in [5.74, 6) is -1.47. The lowest BCUT2D eigenvalue weighted by Gasteiger charge is -2.59. The predicted octanol–water partition coefficient (Wildman–Crippen LogP) is 2.04. The molecule has 6 atom stereocenters. The molecule has 7 heteroatoms. The number of methoxy groups -OCH3 is 1. The van der Waals surface area contributed by atoms with Gasteiger partial charge in [-0.2, -0.15) is 0 Å². The molecule has 1 saturated carbocycles. The van der Waals surface area contributed by atoms with E-state index in [9.17, 15) is 19.5 Å². The van der Waals surface area contributed by atoms with Crippen molar-refractivity contribution in [3.63, 3.8) is 0 Å². The fraction of sp³-hybridized carbons (Fsp3) is 0.667. The van der Waals surface area contributed by atoms with Crippen molar-refractivity contribution in [2.45, 2.75) is 58.3 Å². The Morgan fingerprint density at radius 2 is 2.00 bits per heavy atom. The third-order valence-electron chi connectivity index (χ3n) is 7.44. The van der Waals surface area contributed by atoms with Gasteiger partial charge in [-0.1, -0.05) is 19.9 Å². The number of hydrogen-bond donors (Lipinski definition) is 1. The van der Waals surface area contributed by atoms with Gasteiger partial charge in [0.05, 0.1) is 18.6 Å². The molecule has 0 radical (unpaired) electrons. The maximum absolute atomic E-state index is 12.9. The second-order valence-electron chi connectivity index (χ2n) is 8.80. The summed E-state index contributed by atoms with van der Waals surface area (Å²) >= 11 is 0. The fourth-order valence-electron chi connectivity index (χ4n) is 6.12. The third-order valence-corrected chi connectivity index (χ3v) is 7.44. The van der Waals surface area contributed by atoms with E-state index in [0.717, 1.165) is 12.8 Å². The first-order valence-electron chi connectivity index (χ1n) is 9.81. The third kappa shape index (κ3) is 2.63. The minimum absolute atomic E-state index is 0.0798. The van der Waals surface area contributed by atoms with Crippen LogP contribution in [0.3, 0.4) is 0 Å². The van der Waals surface area contributed by atoms with Gasteiger partial charge in [-0.3, -0.25) is 4.79 Å². The van der Waals surface area contributed by atoms with Gasteiger partial charge in [0.2, 0.25) is 6.29 Å². The Kier molecular flexibility index (Phi) is 4.41. The molecule has 152 valence electrons. The topological polar surface area (TPSA) is 99.1 Å². The number of carbonyl (C=O) groups excluding carboxylic acids is 3. The zero-order chi connectivity index (χ0) is 20.3. The number of cyclic esters (lactones) is 2. The Balaban J connectivity index is 1.71. The summed E-state index contributed by atoms with van der Waals surface area (Å²) in [6, 6.07) is 0. The standard InChI is InChI=1S/C21H26O7/c1-20-8-7-13-19(25)27-14(11-9-16(22)28-17(11)23)10-21(13,2)15(20)6-4-5-12(20)18(24)26-3/h5,9,13-16,22H,4,6-8,10H2,1-3H3/t13-,14-,15-,16?,20-,21-/m0/s1. The van der Waals surface area contributed by atoms with Crippen LogP contribution in [0.1, 0.15) is 46.0 Å². The molecule has 28 heavy (non-hydrogen) atoms. The smallest absolute Gasteiger partial charge is 0.340 e. The Morgan fingerprint density at radius 3 is 2.64 bits per heavy atom. The van der Waals surface area contributed by atoms with Crippen molar-refractivity contribution >= 4 is 17.9 Å². The number of aliphatic hydroxyl groups excluding tert-OH is 1. The van der Waals surface area contributed by atoms with Gasteiger partial charge in [-0.15, -0.1) is 0 Å². The minimum Gasteiger partial charge on any atom is -0.466 e. The molecule has 1 N–H and O–H groups in total. The van der Waals surface area contributed by atoms with Crippen LogP contribution < -0.4 is 0 Å². The van der Waals surface area contributed by atoms with Gasteiger partial charge < -0.3 is 19.3 Å². The van der Waals surface area contributed by atoms with Crippen LogP contribution in [0, 0.1) is 22.7 Å². The molecule has 2 aliphatic carbocycles. The summed E-state index contributed by atoms with van der Waals surface area (Å²) < 4.78 is 15.4. The number of ether oxygens (including phenoxy) is 3. The van der Waals surface area contributed by atoms with Gasteiger partial charge in [-0.05, 0) is 49.5 Å². The van der Waals surface area contributed by atoms with Crippen molar-refractivity contribution in [3.05, 3.63) is 23.3 Å². The van der Waals surface area contributed by atoms with Crippen LogP contribution in [0.4, 0.5) is 0 Å². The number of carbonyl (C=O) groups is 3. The van der Waals surface area contributed by atoms with Crippen molar-refractivity contribution < 1.29 is 33.7 Å². The molecule has 2 fully saturated rings. The van der Waals surface area contributed by atoms with Gasteiger partial charge in [0.15, 0.2) is 0 Å². The highest BCUT2D eigenvalue weighted by atomic mass is 16.6. The molecular weight excluding hydrogens is 364 g/mol. The molecular formula is C21H26O7. The van der Waals surface area contributed by atoms with Crippen LogP contribution in [0.15, 0.2) is 23.3 Å². The lowest BCUT2D eigenvalue weighted by molar-refractivity contribution is -0.187. The average Bonchev–Trinajstić information content (AvgIpc) is 2.98. The quantitative estimate of drug-likeness (QED) is 0.569. The zero-order valence-electron chi connectivity index (χ0n) is 16.4. The van der Waals surface area contributed by atoms with Crippen molar-refractivity contribution in [2.75, 3.05) is 7.11 Å². The van der Waals surface area contributed by atoms with E-state index in [-0.39, 0.29) is 34.8 Å². The molecule has 2 aliphatic heterocycles. The molecule has 0 amide bonds.